The van der Waals surface area contributed by atoms with Crippen LogP contribution in [-0.4, -0.2) is 57.6 Å². The lowest BCUT2D eigenvalue weighted by atomic mass is 10.0. The first-order chi connectivity index (χ1) is 17.2. The molecule has 2 aromatic heterocycles. The number of carbonyl (C=O) groups is 1. The minimum atomic E-state index is -0.0323. The Labute approximate surface area is 204 Å². The normalized spacial score (nSPS) is 19.2. The fraction of sp³-hybridized carbons (Fsp3) is 0.538. The molecule has 2 N–H and O–H groups in total. The Morgan fingerprint density at radius 2 is 1.80 bits per heavy atom. The molecule has 1 saturated heterocycles. The van der Waals surface area contributed by atoms with Crippen LogP contribution in [0.15, 0.2) is 30.3 Å². The molecule has 0 unspecified atom stereocenters. The van der Waals surface area contributed by atoms with Crippen molar-refractivity contribution in [2.24, 2.45) is 5.92 Å². The summed E-state index contributed by atoms with van der Waals surface area (Å²) in [6, 6.07) is 9.75. The third-order valence-corrected chi connectivity index (χ3v) is 7.18. The third-order valence-electron chi connectivity index (χ3n) is 7.18. The van der Waals surface area contributed by atoms with Crippen LogP contribution >= 0.6 is 0 Å². The number of amides is 1. The van der Waals surface area contributed by atoms with Crippen LogP contribution in [0.25, 0.3) is 17.0 Å². The molecular formula is C26H32N6O3. The zero-order valence-electron chi connectivity index (χ0n) is 19.9. The van der Waals surface area contributed by atoms with Crippen LogP contribution < -0.4 is 15.4 Å². The highest BCUT2D eigenvalue weighted by Crippen LogP contribution is 2.29. The summed E-state index contributed by atoms with van der Waals surface area (Å²) in [5, 5.41) is 20.3. The lowest BCUT2D eigenvalue weighted by Gasteiger charge is -2.23. The Kier molecular flexibility index (Phi) is 6.24. The molecule has 0 bridgehead atoms. The zero-order chi connectivity index (χ0) is 23.6. The first kappa shape index (κ1) is 22.3. The summed E-state index contributed by atoms with van der Waals surface area (Å²) in [4.78, 5) is 12.4. The molecule has 2 aliphatic carbocycles. The van der Waals surface area contributed by atoms with Crippen molar-refractivity contribution in [3.05, 3.63) is 35.9 Å². The second-order valence-electron chi connectivity index (χ2n) is 9.94. The molecule has 9 nitrogen and oxygen atoms in total. The molecule has 0 atom stereocenters. The van der Waals surface area contributed by atoms with Crippen molar-refractivity contribution in [3.8, 4) is 17.3 Å². The number of aromatic nitrogens is 4. The van der Waals surface area contributed by atoms with E-state index in [1.165, 1.54) is 12.8 Å². The number of anilines is 1. The van der Waals surface area contributed by atoms with Crippen LogP contribution in [0.5, 0.6) is 5.88 Å². The Bertz CT molecular complexity index is 1180. The Balaban J connectivity index is 1.29. The number of fused-ring (bicyclic) bond motifs is 1. The first-order valence-corrected chi connectivity index (χ1v) is 12.9. The molecule has 0 spiro atoms. The average Bonchev–Trinajstić information content (AvgIpc) is 3.36. The van der Waals surface area contributed by atoms with E-state index in [9.17, 15) is 4.79 Å². The van der Waals surface area contributed by atoms with E-state index >= 15 is 0 Å². The maximum absolute atomic E-state index is 12.4. The van der Waals surface area contributed by atoms with Crippen molar-refractivity contribution in [1.29, 1.82) is 0 Å². The van der Waals surface area contributed by atoms with Gasteiger partial charge in [-0.05, 0) is 69.4 Å². The van der Waals surface area contributed by atoms with Gasteiger partial charge in [-0.2, -0.15) is 4.52 Å². The zero-order valence-corrected chi connectivity index (χ0v) is 19.9. The third kappa shape index (κ3) is 5.10. The molecule has 3 heterocycles. The van der Waals surface area contributed by atoms with Gasteiger partial charge in [-0.1, -0.05) is 12.1 Å². The molecule has 1 amide bonds. The molecule has 9 heteroatoms. The Morgan fingerprint density at radius 3 is 2.54 bits per heavy atom. The summed E-state index contributed by atoms with van der Waals surface area (Å²) in [5.74, 6) is 1.74. The summed E-state index contributed by atoms with van der Waals surface area (Å²) in [7, 11) is 0. The molecule has 3 aromatic rings. The molecule has 1 aromatic carbocycles. The smallest absolute Gasteiger partial charge is 0.251 e. The van der Waals surface area contributed by atoms with Gasteiger partial charge in [0.2, 0.25) is 11.5 Å². The molecular weight excluding hydrogens is 444 g/mol. The molecule has 1 aliphatic heterocycles. The molecule has 6 rings (SSSR count). The second-order valence-corrected chi connectivity index (χ2v) is 9.94. The van der Waals surface area contributed by atoms with Crippen molar-refractivity contribution >= 4 is 17.2 Å². The fourth-order valence-electron chi connectivity index (χ4n) is 4.87. The minimum absolute atomic E-state index is 0.0323. The van der Waals surface area contributed by atoms with Crippen molar-refractivity contribution in [1.82, 2.24) is 25.1 Å². The van der Waals surface area contributed by atoms with Gasteiger partial charge in [0.05, 0.1) is 5.69 Å². The predicted molar refractivity (Wildman–Crippen MR) is 132 cm³/mol. The summed E-state index contributed by atoms with van der Waals surface area (Å²) in [5.41, 5.74) is 3.04. The van der Waals surface area contributed by atoms with Gasteiger partial charge in [0, 0.05) is 43.0 Å². The summed E-state index contributed by atoms with van der Waals surface area (Å²) in [6.45, 7) is 2.48. The van der Waals surface area contributed by atoms with Crippen LogP contribution in [-0.2, 0) is 4.74 Å². The van der Waals surface area contributed by atoms with E-state index in [-0.39, 0.29) is 12.0 Å². The number of benzene rings is 1. The number of hydrogen-bond acceptors (Lipinski definition) is 7. The number of nitrogens with zero attached hydrogens (tertiary/aromatic N) is 4. The monoisotopic (exact) mass is 476 g/mol. The number of hydrogen-bond donors (Lipinski definition) is 2. The summed E-state index contributed by atoms with van der Waals surface area (Å²) < 4.78 is 13.5. The van der Waals surface area contributed by atoms with Gasteiger partial charge in [-0.3, -0.25) is 4.79 Å². The van der Waals surface area contributed by atoms with Crippen LogP contribution in [0.1, 0.15) is 61.7 Å². The first-order valence-electron chi connectivity index (χ1n) is 12.9. The molecule has 184 valence electrons. The van der Waals surface area contributed by atoms with E-state index in [1.807, 2.05) is 30.3 Å². The fourth-order valence-corrected chi connectivity index (χ4v) is 4.87. The van der Waals surface area contributed by atoms with Gasteiger partial charge in [0.1, 0.15) is 6.10 Å². The number of rotatable bonds is 8. The maximum Gasteiger partial charge on any atom is 0.251 e. The second kappa shape index (κ2) is 9.81. The van der Waals surface area contributed by atoms with Gasteiger partial charge in [0.25, 0.3) is 5.91 Å². The molecule has 3 fully saturated rings. The van der Waals surface area contributed by atoms with Gasteiger partial charge < -0.3 is 20.1 Å². The number of ether oxygens (including phenoxy) is 2. The van der Waals surface area contributed by atoms with Crippen molar-refractivity contribution in [2.75, 3.05) is 25.1 Å². The van der Waals surface area contributed by atoms with Crippen molar-refractivity contribution in [2.45, 2.75) is 63.5 Å². The largest absolute Gasteiger partial charge is 0.473 e. The van der Waals surface area contributed by atoms with Crippen LogP contribution in [0.4, 0.5) is 5.69 Å². The number of carbonyl (C=O) groups excluding carboxylic acids is 1. The maximum atomic E-state index is 12.4. The highest BCUT2D eigenvalue weighted by molar-refractivity contribution is 5.95. The van der Waals surface area contributed by atoms with E-state index < -0.39 is 0 Å². The Hall–Kier alpha value is -3.20. The molecule has 35 heavy (non-hydrogen) atoms. The van der Waals surface area contributed by atoms with E-state index in [2.05, 4.69) is 20.8 Å². The minimum Gasteiger partial charge on any atom is -0.473 e. The summed E-state index contributed by atoms with van der Waals surface area (Å²) >= 11 is 0. The van der Waals surface area contributed by atoms with Crippen molar-refractivity contribution < 1.29 is 14.3 Å². The molecule has 2 saturated carbocycles. The van der Waals surface area contributed by atoms with E-state index in [0.717, 1.165) is 69.5 Å². The van der Waals surface area contributed by atoms with E-state index in [1.54, 1.807) is 4.52 Å². The summed E-state index contributed by atoms with van der Waals surface area (Å²) in [6.07, 6.45) is 8.95. The standard InChI is InChI=1S/C26H32N6O3/c33-26(28-20-9-10-20)19-7-5-18(6-8-19)24-29-30-25-22(27-16-17-11-13-34-14-12-17)15-23(31-32(24)25)35-21-3-1-2-4-21/h5-8,15,17,20-21,27H,1-4,9-14,16H2,(H,28,33). The predicted octanol–water partition coefficient (Wildman–Crippen LogP) is 3.84. The van der Waals surface area contributed by atoms with Gasteiger partial charge in [-0.15, -0.1) is 15.3 Å². The lowest BCUT2D eigenvalue weighted by Crippen LogP contribution is -2.25. The lowest BCUT2D eigenvalue weighted by molar-refractivity contribution is 0.0699. The molecule has 0 radical (unpaired) electrons. The van der Waals surface area contributed by atoms with Gasteiger partial charge >= 0.3 is 0 Å². The Morgan fingerprint density at radius 1 is 1.03 bits per heavy atom. The van der Waals surface area contributed by atoms with Crippen LogP contribution in [0.3, 0.4) is 0 Å². The highest BCUT2D eigenvalue weighted by atomic mass is 16.5. The quantitative estimate of drug-likeness (QED) is 0.509. The number of nitrogens with one attached hydrogen (secondary N) is 2. The van der Waals surface area contributed by atoms with Crippen LogP contribution in [0, 0.1) is 5.92 Å². The molecule has 3 aliphatic rings. The van der Waals surface area contributed by atoms with Crippen LogP contribution in [0.2, 0.25) is 0 Å². The van der Waals surface area contributed by atoms with Gasteiger partial charge in [0.15, 0.2) is 5.82 Å². The van der Waals surface area contributed by atoms with Gasteiger partial charge in [-0.25, -0.2) is 0 Å². The van der Waals surface area contributed by atoms with E-state index in [0.29, 0.717) is 34.9 Å². The topological polar surface area (TPSA) is 103 Å². The average molecular weight is 477 g/mol. The SMILES string of the molecule is O=C(NC1CC1)c1ccc(-c2nnc3c(NCC4CCOCC4)cc(OC4CCCC4)nn23)cc1. The van der Waals surface area contributed by atoms with Crippen molar-refractivity contribution in [3.63, 3.8) is 0 Å². The highest BCUT2D eigenvalue weighted by Gasteiger charge is 2.24. The van der Waals surface area contributed by atoms with E-state index in [4.69, 9.17) is 14.6 Å².